The van der Waals surface area contributed by atoms with Crippen LogP contribution in [0.4, 0.5) is 15.5 Å². The van der Waals surface area contributed by atoms with Gasteiger partial charge in [-0.3, -0.25) is 19.6 Å². The molecule has 1 aliphatic carbocycles. The molecule has 12 heteroatoms. The topological polar surface area (TPSA) is 140 Å². The number of nitrogens with one attached hydrogen (secondary N) is 3. The number of rotatable bonds is 8. The Balaban J connectivity index is 1.48. The lowest BCUT2D eigenvalue weighted by Crippen LogP contribution is -2.32. The number of carbonyl (C=O) groups is 3. The number of aryl methyl sites for hydroxylation is 1. The van der Waals surface area contributed by atoms with E-state index in [0.717, 1.165) is 23.3 Å². The van der Waals surface area contributed by atoms with Crippen molar-refractivity contribution in [2.24, 2.45) is 0 Å². The maximum Gasteiger partial charge on any atom is 0.414 e. The van der Waals surface area contributed by atoms with Crippen LogP contribution in [0.1, 0.15) is 44.5 Å². The Labute approximate surface area is 218 Å². The van der Waals surface area contributed by atoms with Gasteiger partial charge in [0.25, 0.3) is 21.8 Å². The number of imide groups is 1. The van der Waals surface area contributed by atoms with Crippen molar-refractivity contribution < 1.29 is 32.3 Å². The van der Waals surface area contributed by atoms with E-state index in [-0.39, 0.29) is 28.3 Å². The summed E-state index contributed by atoms with van der Waals surface area (Å²) in [5, 5.41) is 5.31. The maximum atomic E-state index is 12.9. The Morgan fingerprint density at radius 1 is 0.973 bits per heavy atom. The van der Waals surface area contributed by atoms with E-state index >= 15 is 0 Å². The van der Waals surface area contributed by atoms with E-state index in [1.54, 1.807) is 19.1 Å². The summed E-state index contributed by atoms with van der Waals surface area (Å²) >= 11 is 1.31. The SMILES string of the molecule is CCOC(=O)NC(=O)c1c(NC(=O)c2ccc(NS(=O)(=O)c3ccc(OC)cc3)cc2)sc2c1CCC2. The Morgan fingerprint density at radius 3 is 2.32 bits per heavy atom. The van der Waals surface area contributed by atoms with Crippen LogP contribution in [-0.2, 0) is 27.6 Å². The molecule has 3 aromatic rings. The van der Waals surface area contributed by atoms with Crippen molar-refractivity contribution in [3.8, 4) is 5.75 Å². The predicted octanol–water partition coefficient (Wildman–Crippen LogP) is 4.18. The molecule has 0 atom stereocenters. The van der Waals surface area contributed by atoms with E-state index in [2.05, 4.69) is 15.4 Å². The molecule has 0 unspecified atom stereocenters. The second-order valence-electron chi connectivity index (χ2n) is 8.05. The van der Waals surface area contributed by atoms with E-state index < -0.39 is 27.9 Å². The molecule has 10 nitrogen and oxygen atoms in total. The second-order valence-corrected chi connectivity index (χ2v) is 10.8. The van der Waals surface area contributed by atoms with Crippen LogP contribution in [0.15, 0.2) is 53.4 Å². The van der Waals surface area contributed by atoms with Gasteiger partial charge in [-0.15, -0.1) is 11.3 Å². The van der Waals surface area contributed by atoms with Crippen LogP contribution in [0.2, 0.25) is 0 Å². The zero-order chi connectivity index (χ0) is 26.6. The van der Waals surface area contributed by atoms with E-state index in [1.807, 2.05) is 0 Å². The molecule has 3 N–H and O–H groups in total. The first-order chi connectivity index (χ1) is 17.7. The first-order valence-corrected chi connectivity index (χ1v) is 13.7. The molecular weight excluding hydrogens is 518 g/mol. The lowest BCUT2D eigenvalue weighted by molar-refractivity contribution is 0.0925. The Bertz CT molecular complexity index is 1430. The van der Waals surface area contributed by atoms with E-state index in [0.29, 0.717) is 17.2 Å². The molecule has 0 saturated carbocycles. The van der Waals surface area contributed by atoms with Gasteiger partial charge in [0.2, 0.25) is 0 Å². The van der Waals surface area contributed by atoms with Gasteiger partial charge in [-0.25, -0.2) is 13.2 Å². The quantitative estimate of drug-likeness (QED) is 0.387. The summed E-state index contributed by atoms with van der Waals surface area (Å²) in [6.07, 6.45) is 1.51. The average Bonchev–Trinajstić information content (AvgIpc) is 3.45. The molecule has 1 aliphatic rings. The minimum atomic E-state index is -3.83. The molecular formula is C25H25N3O7S2. The van der Waals surface area contributed by atoms with Crippen molar-refractivity contribution in [2.45, 2.75) is 31.1 Å². The first-order valence-electron chi connectivity index (χ1n) is 11.4. The molecule has 1 aromatic heterocycles. The number of amides is 3. The van der Waals surface area contributed by atoms with Gasteiger partial charge in [0.1, 0.15) is 10.8 Å². The van der Waals surface area contributed by atoms with Crippen molar-refractivity contribution in [1.82, 2.24) is 5.32 Å². The van der Waals surface area contributed by atoms with Crippen LogP contribution >= 0.6 is 11.3 Å². The first kappa shape index (κ1) is 26.2. The third-order valence-corrected chi connectivity index (χ3v) is 8.24. The summed E-state index contributed by atoms with van der Waals surface area (Å²) < 4.78 is 37.6. The molecule has 0 bridgehead atoms. The molecule has 0 radical (unpaired) electrons. The van der Waals surface area contributed by atoms with Gasteiger partial charge in [-0.1, -0.05) is 0 Å². The zero-order valence-corrected chi connectivity index (χ0v) is 21.8. The number of alkyl carbamates (subject to hydrolysis) is 1. The molecule has 3 amide bonds. The van der Waals surface area contributed by atoms with Gasteiger partial charge in [0.05, 0.1) is 24.2 Å². The largest absolute Gasteiger partial charge is 0.497 e. The normalized spacial score (nSPS) is 12.4. The molecule has 194 valence electrons. The van der Waals surface area contributed by atoms with Gasteiger partial charge in [-0.05, 0) is 80.3 Å². The highest BCUT2D eigenvalue weighted by Crippen LogP contribution is 2.39. The number of methoxy groups -OCH3 is 1. The average molecular weight is 544 g/mol. The minimum Gasteiger partial charge on any atom is -0.497 e. The van der Waals surface area contributed by atoms with E-state index in [1.165, 1.54) is 54.8 Å². The summed E-state index contributed by atoms with van der Waals surface area (Å²) in [5.74, 6) is -0.571. The fraction of sp³-hybridized carbons (Fsp3) is 0.240. The van der Waals surface area contributed by atoms with Gasteiger partial charge < -0.3 is 14.8 Å². The molecule has 37 heavy (non-hydrogen) atoms. The maximum absolute atomic E-state index is 12.9. The Hall–Kier alpha value is -3.90. The fourth-order valence-electron chi connectivity index (χ4n) is 3.89. The van der Waals surface area contributed by atoms with Crippen LogP contribution in [-0.4, -0.2) is 40.0 Å². The number of hydrogen-bond acceptors (Lipinski definition) is 8. The number of carbonyl (C=O) groups excluding carboxylic acids is 3. The fourth-order valence-corrected chi connectivity index (χ4v) is 6.23. The van der Waals surface area contributed by atoms with Gasteiger partial charge in [-0.2, -0.15) is 0 Å². The number of anilines is 2. The summed E-state index contributed by atoms with van der Waals surface area (Å²) in [6, 6.07) is 11.8. The number of sulfonamides is 1. The Kier molecular flexibility index (Phi) is 7.79. The number of fused-ring (bicyclic) bond motifs is 1. The molecule has 0 spiro atoms. The number of ether oxygens (including phenoxy) is 2. The number of hydrogen-bond donors (Lipinski definition) is 3. The highest BCUT2D eigenvalue weighted by Gasteiger charge is 2.28. The molecule has 0 saturated heterocycles. The zero-order valence-electron chi connectivity index (χ0n) is 20.1. The van der Waals surface area contributed by atoms with Gasteiger partial charge in [0, 0.05) is 16.1 Å². The van der Waals surface area contributed by atoms with Crippen molar-refractivity contribution in [2.75, 3.05) is 23.8 Å². The second kappa shape index (κ2) is 11.0. The van der Waals surface area contributed by atoms with Crippen molar-refractivity contribution in [3.05, 3.63) is 70.1 Å². The van der Waals surface area contributed by atoms with Crippen LogP contribution < -0.4 is 20.1 Å². The van der Waals surface area contributed by atoms with Crippen molar-refractivity contribution >= 4 is 50.0 Å². The molecule has 0 fully saturated rings. The minimum absolute atomic E-state index is 0.0643. The number of benzene rings is 2. The Morgan fingerprint density at radius 2 is 1.68 bits per heavy atom. The summed E-state index contributed by atoms with van der Waals surface area (Å²) in [6.45, 7) is 1.75. The van der Waals surface area contributed by atoms with E-state index in [4.69, 9.17) is 9.47 Å². The van der Waals surface area contributed by atoms with Crippen molar-refractivity contribution in [1.29, 1.82) is 0 Å². The molecule has 4 rings (SSSR count). The van der Waals surface area contributed by atoms with E-state index in [9.17, 15) is 22.8 Å². The van der Waals surface area contributed by atoms with Crippen LogP contribution in [0, 0.1) is 0 Å². The lowest BCUT2D eigenvalue weighted by atomic mass is 10.1. The third kappa shape index (κ3) is 5.92. The molecule has 2 aromatic carbocycles. The lowest BCUT2D eigenvalue weighted by Gasteiger charge is -2.11. The smallest absolute Gasteiger partial charge is 0.414 e. The molecule has 1 heterocycles. The van der Waals surface area contributed by atoms with Crippen LogP contribution in [0.3, 0.4) is 0 Å². The van der Waals surface area contributed by atoms with Crippen LogP contribution in [0.25, 0.3) is 0 Å². The third-order valence-electron chi connectivity index (χ3n) is 5.64. The predicted molar refractivity (Wildman–Crippen MR) is 139 cm³/mol. The van der Waals surface area contributed by atoms with Gasteiger partial charge in [0.15, 0.2) is 0 Å². The summed E-state index contributed by atoms with van der Waals surface area (Å²) in [5.41, 5.74) is 1.63. The number of thiophene rings is 1. The highest BCUT2D eigenvalue weighted by molar-refractivity contribution is 7.92. The highest BCUT2D eigenvalue weighted by atomic mass is 32.2. The van der Waals surface area contributed by atoms with Crippen molar-refractivity contribution in [3.63, 3.8) is 0 Å². The van der Waals surface area contributed by atoms with Crippen LogP contribution in [0.5, 0.6) is 5.75 Å². The standard InChI is InChI=1S/C25H25N3O7S2/c1-3-35-25(31)27-23(30)21-19-5-4-6-20(19)36-24(21)26-22(29)15-7-9-16(10-8-15)28-37(32,33)18-13-11-17(34-2)12-14-18/h7-14,28H,3-6H2,1-2H3,(H,26,29)(H,27,30,31). The summed E-state index contributed by atoms with van der Waals surface area (Å²) in [7, 11) is -2.34. The molecule has 0 aliphatic heterocycles. The monoisotopic (exact) mass is 543 g/mol. The summed E-state index contributed by atoms with van der Waals surface area (Å²) in [4.78, 5) is 38.6. The van der Waals surface area contributed by atoms with Gasteiger partial charge >= 0.3 is 6.09 Å².